The van der Waals surface area contributed by atoms with Crippen LogP contribution < -0.4 is 5.32 Å². The number of hydrogen-bond acceptors (Lipinski definition) is 4. The van der Waals surface area contributed by atoms with E-state index in [1.807, 2.05) is 6.26 Å². The van der Waals surface area contributed by atoms with Crippen molar-refractivity contribution < 1.29 is 18.7 Å². The summed E-state index contributed by atoms with van der Waals surface area (Å²) in [6, 6.07) is 6.20. The van der Waals surface area contributed by atoms with Crippen molar-refractivity contribution in [3.05, 3.63) is 46.9 Å². The molecule has 1 unspecified atom stereocenters. The molecule has 1 heterocycles. The molecule has 0 fully saturated rings. The number of ether oxygens (including phenoxy) is 1. The van der Waals surface area contributed by atoms with Gasteiger partial charge in [-0.25, -0.2) is 9.18 Å². The molecule has 4 nitrogen and oxygen atoms in total. The fourth-order valence-corrected chi connectivity index (χ4v) is 2.74. The van der Waals surface area contributed by atoms with Gasteiger partial charge in [-0.3, -0.25) is 4.79 Å². The number of allylic oxidation sites excluding steroid dienone is 1. The summed E-state index contributed by atoms with van der Waals surface area (Å²) in [7, 11) is 0. The molecule has 2 rings (SSSR count). The second kappa shape index (κ2) is 7.45. The molecule has 1 amide bonds. The molecule has 22 heavy (non-hydrogen) atoms. The highest BCUT2D eigenvalue weighted by Gasteiger charge is 2.34. The predicted octanol–water partition coefficient (Wildman–Crippen LogP) is 2.61. The van der Waals surface area contributed by atoms with Gasteiger partial charge in [0.1, 0.15) is 12.4 Å². The first kappa shape index (κ1) is 16.5. The number of rotatable bonds is 5. The fourth-order valence-electron chi connectivity index (χ4n) is 2.49. The van der Waals surface area contributed by atoms with Crippen LogP contribution in [-0.2, 0) is 14.3 Å². The maximum Gasteiger partial charge on any atom is 0.336 e. The van der Waals surface area contributed by atoms with E-state index in [1.54, 1.807) is 36.9 Å². The SMILES string of the molecule is CSCCOC(=O)C1=C(C)NC(=O)CC1c1ccccc1F. The van der Waals surface area contributed by atoms with E-state index in [9.17, 15) is 14.0 Å². The van der Waals surface area contributed by atoms with Crippen LogP contribution in [0.25, 0.3) is 0 Å². The maximum absolute atomic E-state index is 14.1. The number of nitrogens with one attached hydrogen (secondary N) is 1. The number of amides is 1. The smallest absolute Gasteiger partial charge is 0.336 e. The first-order valence-electron chi connectivity index (χ1n) is 6.95. The van der Waals surface area contributed by atoms with Crippen molar-refractivity contribution in [1.82, 2.24) is 5.32 Å². The highest BCUT2D eigenvalue weighted by atomic mass is 32.2. The summed E-state index contributed by atoms with van der Waals surface area (Å²) >= 11 is 1.57. The Morgan fingerprint density at radius 2 is 2.18 bits per heavy atom. The van der Waals surface area contributed by atoms with E-state index in [0.29, 0.717) is 22.6 Å². The predicted molar refractivity (Wildman–Crippen MR) is 83.9 cm³/mol. The second-order valence-corrected chi connectivity index (χ2v) is 5.98. The molecule has 0 saturated heterocycles. The third kappa shape index (κ3) is 3.68. The van der Waals surface area contributed by atoms with Crippen molar-refractivity contribution in [2.75, 3.05) is 18.6 Å². The van der Waals surface area contributed by atoms with E-state index in [-0.39, 0.29) is 18.9 Å². The topological polar surface area (TPSA) is 55.4 Å². The summed E-state index contributed by atoms with van der Waals surface area (Å²) in [5.74, 6) is -1.08. The minimum absolute atomic E-state index is 0.0330. The molecule has 0 spiro atoms. The van der Waals surface area contributed by atoms with E-state index in [0.717, 1.165) is 0 Å². The Morgan fingerprint density at radius 1 is 1.45 bits per heavy atom. The number of halogens is 1. The summed E-state index contributed by atoms with van der Waals surface area (Å²) in [5.41, 5.74) is 1.10. The first-order chi connectivity index (χ1) is 10.5. The highest BCUT2D eigenvalue weighted by Crippen LogP contribution is 2.34. The Kier molecular flexibility index (Phi) is 5.60. The maximum atomic E-state index is 14.1. The third-order valence-electron chi connectivity index (χ3n) is 3.49. The van der Waals surface area contributed by atoms with Crippen LogP contribution in [0, 0.1) is 5.82 Å². The van der Waals surface area contributed by atoms with Gasteiger partial charge in [0.2, 0.25) is 5.91 Å². The number of benzene rings is 1. The van der Waals surface area contributed by atoms with Gasteiger partial charge in [0.15, 0.2) is 0 Å². The lowest BCUT2D eigenvalue weighted by molar-refractivity contribution is -0.139. The first-order valence-corrected chi connectivity index (χ1v) is 8.35. The molecule has 1 N–H and O–H groups in total. The van der Waals surface area contributed by atoms with Crippen molar-refractivity contribution in [3.8, 4) is 0 Å². The van der Waals surface area contributed by atoms with Crippen LogP contribution in [-0.4, -0.2) is 30.5 Å². The summed E-state index contributed by atoms with van der Waals surface area (Å²) < 4.78 is 19.3. The Labute approximate surface area is 133 Å². The normalized spacial score (nSPS) is 18.1. The van der Waals surface area contributed by atoms with Crippen LogP contribution in [0.1, 0.15) is 24.8 Å². The minimum Gasteiger partial charge on any atom is -0.461 e. The Morgan fingerprint density at radius 3 is 2.86 bits per heavy atom. The third-order valence-corrected chi connectivity index (χ3v) is 4.06. The van der Waals surface area contributed by atoms with E-state index in [2.05, 4.69) is 5.32 Å². The molecule has 1 aliphatic heterocycles. The van der Waals surface area contributed by atoms with Crippen molar-refractivity contribution >= 4 is 23.6 Å². The van der Waals surface area contributed by atoms with Gasteiger partial charge >= 0.3 is 5.97 Å². The molecule has 0 saturated carbocycles. The van der Waals surface area contributed by atoms with Crippen molar-refractivity contribution in [1.29, 1.82) is 0 Å². The highest BCUT2D eigenvalue weighted by molar-refractivity contribution is 7.98. The number of thioether (sulfide) groups is 1. The molecule has 1 aromatic carbocycles. The standard InChI is InChI=1S/C16H18FNO3S/c1-10-15(16(20)21-7-8-22-2)12(9-14(19)18-10)11-5-3-4-6-13(11)17/h3-6,12H,7-9H2,1-2H3,(H,18,19). The van der Waals surface area contributed by atoms with E-state index in [4.69, 9.17) is 4.74 Å². The number of esters is 1. The van der Waals surface area contributed by atoms with E-state index < -0.39 is 17.7 Å². The molecule has 0 aliphatic carbocycles. The lowest BCUT2D eigenvalue weighted by atomic mass is 9.84. The number of hydrogen-bond donors (Lipinski definition) is 1. The summed E-state index contributed by atoms with van der Waals surface area (Å²) in [4.78, 5) is 24.1. The molecule has 118 valence electrons. The number of carbonyl (C=O) groups excluding carboxylic acids is 2. The lowest BCUT2D eigenvalue weighted by Gasteiger charge is -2.26. The molecule has 1 atom stereocenters. The zero-order chi connectivity index (χ0) is 16.1. The van der Waals surface area contributed by atoms with Gasteiger partial charge in [0, 0.05) is 23.8 Å². The van der Waals surface area contributed by atoms with Gasteiger partial charge in [0.25, 0.3) is 0 Å². The number of carbonyl (C=O) groups is 2. The van der Waals surface area contributed by atoms with E-state index >= 15 is 0 Å². The molecule has 1 aromatic rings. The van der Waals surface area contributed by atoms with Crippen LogP contribution in [0.4, 0.5) is 4.39 Å². The molecular formula is C16H18FNO3S. The fraction of sp³-hybridized carbons (Fsp3) is 0.375. The second-order valence-electron chi connectivity index (χ2n) is 4.99. The summed E-state index contributed by atoms with van der Waals surface area (Å²) in [6.45, 7) is 1.92. The van der Waals surface area contributed by atoms with Crippen molar-refractivity contribution in [2.45, 2.75) is 19.3 Å². The molecule has 0 aromatic heterocycles. The summed E-state index contributed by atoms with van der Waals surface area (Å²) in [6.07, 6.45) is 1.95. The Hall–Kier alpha value is -1.82. The minimum atomic E-state index is -0.614. The van der Waals surface area contributed by atoms with Gasteiger partial charge in [-0.2, -0.15) is 11.8 Å². The van der Waals surface area contributed by atoms with Crippen LogP contribution in [0.3, 0.4) is 0 Å². The Balaban J connectivity index is 2.33. The average Bonchev–Trinajstić information content (AvgIpc) is 2.47. The van der Waals surface area contributed by atoms with Crippen molar-refractivity contribution in [2.24, 2.45) is 0 Å². The molecular weight excluding hydrogens is 305 g/mol. The zero-order valence-electron chi connectivity index (χ0n) is 12.5. The largest absolute Gasteiger partial charge is 0.461 e. The van der Waals surface area contributed by atoms with Gasteiger partial charge in [-0.1, -0.05) is 18.2 Å². The quantitative estimate of drug-likeness (QED) is 0.668. The Bertz CT molecular complexity index is 615. The van der Waals surface area contributed by atoms with Gasteiger partial charge in [-0.15, -0.1) is 0 Å². The summed E-state index contributed by atoms with van der Waals surface area (Å²) in [5, 5.41) is 2.63. The lowest BCUT2D eigenvalue weighted by Crippen LogP contribution is -2.34. The van der Waals surface area contributed by atoms with E-state index in [1.165, 1.54) is 6.07 Å². The van der Waals surface area contributed by atoms with Crippen LogP contribution in [0.15, 0.2) is 35.5 Å². The van der Waals surface area contributed by atoms with Crippen molar-refractivity contribution in [3.63, 3.8) is 0 Å². The van der Waals surface area contributed by atoms with Crippen LogP contribution in [0.2, 0.25) is 0 Å². The van der Waals surface area contributed by atoms with Gasteiger partial charge in [-0.05, 0) is 24.8 Å². The molecule has 0 bridgehead atoms. The molecule has 6 heteroatoms. The van der Waals surface area contributed by atoms with Crippen LogP contribution >= 0.6 is 11.8 Å². The van der Waals surface area contributed by atoms with Gasteiger partial charge in [0.05, 0.1) is 5.57 Å². The van der Waals surface area contributed by atoms with Gasteiger partial charge < -0.3 is 10.1 Å². The monoisotopic (exact) mass is 323 g/mol. The molecule has 0 radical (unpaired) electrons. The van der Waals surface area contributed by atoms with Crippen LogP contribution in [0.5, 0.6) is 0 Å². The molecule has 1 aliphatic rings. The average molecular weight is 323 g/mol. The zero-order valence-corrected chi connectivity index (χ0v) is 13.3.